The standard InChI is InChI=1S/C22H25N3O4S2/c1-14-8-9-16(15(2)10-14)23-21(26)11-30-22-24-17-12-31(27,28)13-19(17)25(22)18-6-4-5-7-20(18)29-3/h4-10,17,19H,11-13H2,1-3H3,(H,23,26). The number of amides is 1. The molecule has 164 valence electrons. The van der Waals surface area contributed by atoms with Gasteiger partial charge < -0.3 is 15.0 Å². The van der Waals surface area contributed by atoms with Crippen LogP contribution in [-0.4, -0.2) is 55.9 Å². The molecular weight excluding hydrogens is 434 g/mol. The maximum absolute atomic E-state index is 12.6. The van der Waals surface area contributed by atoms with Crippen LogP contribution in [0.1, 0.15) is 11.1 Å². The van der Waals surface area contributed by atoms with Crippen molar-refractivity contribution in [3.8, 4) is 5.75 Å². The van der Waals surface area contributed by atoms with E-state index in [1.54, 1.807) is 7.11 Å². The molecule has 2 aliphatic rings. The van der Waals surface area contributed by atoms with E-state index in [1.165, 1.54) is 11.8 Å². The largest absolute Gasteiger partial charge is 0.495 e. The molecule has 2 aromatic carbocycles. The van der Waals surface area contributed by atoms with Crippen LogP contribution in [-0.2, 0) is 14.6 Å². The second-order valence-electron chi connectivity index (χ2n) is 7.82. The number of rotatable bonds is 5. The maximum Gasteiger partial charge on any atom is 0.234 e. The molecule has 2 aromatic rings. The highest BCUT2D eigenvalue weighted by Gasteiger charge is 2.47. The zero-order chi connectivity index (χ0) is 22.2. The fourth-order valence-electron chi connectivity index (χ4n) is 4.01. The van der Waals surface area contributed by atoms with E-state index in [1.807, 2.05) is 61.2 Å². The van der Waals surface area contributed by atoms with Crippen LogP contribution in [0.5, 0.6) is 5.75 Å². The molecule has 0 aromatic heterocycles. The van der Waals surface area contributed by atoms with Crippen LogP contribution in [0.2, 0.25) is 0 Å². The lowest BCUT2D eigenvalue weighted by molar-refractivity contribution is -0.113. The molecule has 1 fully saturated rings. The van der Waals surface area contributed by atoms with Crippen molar-refractivity contribution in [2.24, 2.45) is 4.99 Å². The summed E-state index contributed by atoms with van der Waals surface area (Å²) in [6.07, 6.45) is 0. The minimum Gasteiger partial charge on any atom is -0.495 e. The number of sulfone groups is 1. The summed E-state index contributed by atoms with van der Waals surface area (Å²) in [6, 6.07) is 12.7. The van der Waals surface area contributed by atoms with Crippen molar-refractivity contribution in [2.45, 2.75) is 25.9 Å². The number of benzene rings is 2. The van der Waals surface area contributed by atoms with Gasteiger partial charge in [0.2, 0.25) is 5.91 Å². The summed E-state index contributed by atoms with van der Waals surface area (Å²) in [5.41, 5.74) is 3.69. The summed E-state index contributed by atoms with van der Waals surface area (Å²) in [4.78, 5) is 19.2. The van der Waals surface area contributed by atoms with Crippen LogP contribution < -0.4 is 15.0 Å². The average molecular weight is 460 g/mol. The first kappa shape index (κ1) is 21.7. The van der Waals surface area contributed by atoms with Crippen molar-refractivity contribution < 1.29 is 17.9 Å². The number of para-hydroxylation sites is 2. The van der Waals surface area contributed by atoms with Crippen LogP contribution in [0.15, 0.2) is 47.5 Å². The molecule has 4 rings (SSSR count). The number of hydrogen-bond donors (Lipinski definition) is 1. The maximum atomic E-state index is 12.6. The molecule has 0 bridgehead atoms. The molecular formula is C22H25N3O4S2. The molecule has 1 saturated heterocycles. The summed E-state index contributed by atoms with van der Waals surface area (Å²) in [5.74, 6) is 0.745. The average Bonchev–Trinajstić information content (AvgIpc) is 3.19. The fourth-order valence-corrected chi connectivity index (χ4v) is 6.77. The molecule has 2 unspecified atom stereocenters. The SMILES string of the molecule is COc1ccccc1N1C(SCC(=O)Nc2ccc(C)cc2C)=NC2CS(=O)(=O)CC21. The smallest absolute Gasteiger partial charge is 0.234 e. The number of thioether (sulfide) groups is 1. The number of nitrogens with zero attached hydrogens (tertiary/aromatic N) is 2. The third-order valence-electron chi connectivity index (χ3n) is 5.44. The Labute approximate surface area is 186 Å². The van der Waals surface area contributed by atoms with E-state index in [-0.39, 0.29) is 35.2 Å². The Kier molecular flexibility index (Phi) is 5.98. The number of amidine groups is 1. The van der Waals surface area contributed by atoms with Crippen molar-refractivity contribution >= 4 is 44.0 Å². The molecule has 0 radical (unpaired) electrons. The molecule has 0 spiro atoms. The Morgan fingerprint density at radius 1 is 1.23 bits per heavy atom. The molecule has 0 saturated carbocycles. The first-order chi connectivity index (χ1) is 14.8. The van der Waals surface area contributed by atoms with Crippen LogP contribution in [0.25, 0.3) is 0 Å². The number of ether oxygens (including phenoxy) is 1. The van der Waals surface area contributed by atoms with Crippen molar-refractivity contribution in [1.82, 2.24) is 0 Å². The molecule has 7 nitrogen and oxygen atoms in total. The number of carbonyl (C=O) groups is 1. The Morgan fingerprint density at radius 2 is 2.00 bits per heavy atom. The number of carbonyl (C=O) groups excluding carboxylic acids is 1. The van der Waals surface area contributed by atoms with E-state index < -0.39 is 9.84 Å². The molecule has 9 heteroatoms. The predicted molar refractivity (Wildman–Crippen MR) is 126 cm³/mol. The lowest BCUT2D eigenvalue weighted by Gasteiger charge is -2.27. The Hall–Kier alpha value is -2.52. The zero-order valence-corrected chi connectivity index (χ0v) is 19.3. The van der Waals surface area contributed by atoms with Gasteiger partial charge in [0.1, 0.15) is 5.75 Å². The summed E-state index contributed by atoms with van der Waals surface area (Å²) < 4.78 is 29.9. The van der Waals surface area contributed by atoms with E-state index in [9.17, 15) is 13.2 Å². The number of fused-ring (bicyclic) bond motifs is 1. The second-order valence-corrected chi connectivity index (χ2v) is 10.9. The monoisotopic (exact) mass is 459 g/mol. The molecule has 2 atom stereocenters. The van der Waals surface area contributed by atoms with Gasteiger partial charge >= 0.3 is 0 Å². The lowest BCUT2D eigenvalue weighted by atomic mass is 10.1. The highest BCUT2D eigenvalue weighted by molar-refractivity contribution is 8.14. The third-order valence-corrected chi connectivity index (χ3v) is 8.11. The van der Waals surface area contributed by atoms with Crippen molar-refractivity contribution in [2.75, 3.05) is 34.6 Å². The van der Waals surface area contributed by atoms with Crippen molar-refractivity contribution in [3.63, 3.8) is 0 Å². The number of hydrogen-bond acceptors (Lipinski definition) is 7. The first-order valence-corrected chi connectivity index (χ1v) is 12.8. The highest BCUT2D eigenvalue weighted by atomic mass is 32.2. The molecule has 0 aliphatic carbocycles. The normalized spacial score (nSPS) is 21.5. The van der Waals surface area contributed by atoms with E-state index >= 15 is 0 Å². The molecule has 2 heterocycles. The number of anilines is 2. The van der Waals surface area contributed by atoms with Gasteiger partial charge in [-0.2, -0.15) is 0 Å². The molecule has 2 aliphatic heterocycles. The Bertz CT molecular complexity index is 1150. The quantitative estimate of drug-likeness (QED) is 0.740. The van der Waals surface area contributed by atoms with Gasteiger partial charge in [-0.05, 0) is 37.6 Å². The van der Waals surface area contributed by atoms with Crippen LogP contribution in [0.3, 0.4) is 0 Å². The summed E-state index contributed by atoms with van der Waals surface area (Å²) in [7, 11) is -1.57. The van der Waals surface area contributed by atoms with Gasteiger partial charge in [0.25, 0.3) is 0 Å². The van der Waals surface area contributed by atoms with Gasteiger partial charge in [-0.3, -0.25) is 9.79 Å². The number of aliphatic imine (C=N–C) groups is 1. The predicted octanol–water partition coefficient (Wildman–Crippen LogP) is 3.03. The van der Waals surface area contributed by atoms with Crippen LogP contribution >= 0.6 is 11.8 Å². The Morgan fingerprint density at radius 3 is 2.74 bits per heavy atom. The van der Waals surface area contributed by atoms with Crippen LogP contribution in [0, 0.1) is 13.8 Å². The van der Waals surface area contributed by atoms with Gasteiger partial charge in [-0.1, -0.05) is 41.6 Å². The topological polar surface area (TPSA) is 88.1 Å². The van der Waals surface area contributed by atoms with E-state index in [0.717, 1.165) is 22.5 Å². The van der Waals surface area contributed by atoms with Gasteiger partial charge in [0, 0.05) is 5.69 Å². The van der Waals surface area contributed by atoms with Gasteiger partial charge in [0.15, 0.2) is 15.0 Å². The minimum absolute atomic E-state index is 0.0299. The molecule has 31 heavy (non-hydrogen) atoms. The van der Waals surface area contributed by atoms with Gasteiger partial charge in [-0.15, -0.1) is 0 Å². The third kappa shape index (κ3) is 4.57. The minimum atomic E-state index is -3.15. The fraction of sp³-hybridized carbons (Fsp3) is 0.364. The molecule has 1 N–H and O–H groups in total. The highest BCUT2D eigenvalue weighted by Crippen LogP contribution is 2.39. The number of nitrogens with one attached hydrogen (secondary N) is 1. The van der Waals surface area contributed by atoms with Gasteiger partial charge in [0.05, 0.1) is 42.1 Å². The second kappa shape index (κ2) is 8.55. The summed E-state index contributed by atoms with van der Waals surface area (Å²) in [5, 5.41) is 3.59. The number of methoxy groups -OCH3 is 1. The van der Waals surface area contributed by atoms with E-state index in [2.05, 4.69) is 10.3 Å². The van der Waals surface area contributed by atoms with Crippen LogP contribution in [0.4, 0.5) is 11.4 Å². The van der Waals surface area contributed by atoms with E-state index in [0.29, 0.717) is 10.9 Å². The zero-order valence-electron chi connectivity index (χ0n) is 17.7. The summed E-state index contributed by atoms with van der Waals surface area (Å²) in [6.45, 7) is 3.97. The number of aryl methyl sites for hydroxylation is 2. The van der Waals surface area contributed by atoms with Crippen molar-refractivity contribution in [3.05, 3.63) is 53.6 Å². The Balaban J connectivity index is 1.53. The molecule has 1 amide bonds. The van der Waals surface area contributed by atoms with Gasteiger partial charge in [-0.25, -0.2) is 8.42 Å². The van der Waals surface area contributed by atoms with Crippen molar-refractivity contribution in [1.29, 1.82) is 0 Å². The first-order valence-electron chi connectivity index (χ1n) is 9.98. The lowest BCUT2D eigenvalue weighted by Crippen LogP contribution is -2.39. The van der Waals surface area contributed by atoms with E-state index in [4.69, 9.17) is 4.74 Å². The summed E-state index contributed by atoms with van der Waals surface area (Å²) >= 11 is 1.31.